The van der Waals surface area contributed by atoms with Crippen molar-refractivity contribution in [2.45, 2.75) is 19.9 Å². The van der Waals surface area contributed by atoms with Gasteiger partial charge in [0.1, 0.15) is 11.5 Å². The van der Waals surface area contributed by atoms with Gasteiger partial charge < -0.3 is 14.5 Å². The maximum Gasteiger partial charge on any atom is 0.142 e. The van der Waals surface area contributed by atoms with Crippen molar-refractivity contribution in [3.05, 3.63) is 46.8 Å². The van der Waals surface area contributed by atoms with E-state index >= 15 is 0 Å². The molecule has 0 radical (unpaired) electrons. The third kappa shape index (κ3) is 3.29. The molecule has 0 aliphatic heterocycles. The molecule has 1 N–H and O–H groups in total. The van der Waals surface area contributed by atoms with Crippen LogP contribution in [-0.4, -0.2) is 6.61 Å². The number of para-hydroxylation sites is 2. The Morgan fingerprint density at radius 3 is 2.83 bits per heavy atom. The van der Waals surface area contributed by atoms with E-state index in [1.54, 1.807) is 6.26 Å². The number of benzene rings is 1. The van der Waals surface area contributed by atoms with Crippen LogP contribution in [0.15, 0.2) is 45.5 Å². The molecule has 0 fully saturated rings. The van der Waals surface area contributed by atoms with Gasteiger partial charge in [-0.2, -0.15) is 0 Å². The molecular formula is C14H16BrNO2. The zero-order chi connectivity index (χ0) is 12.8. The summed E-state index contributed by atoms with van der Waals surface area (Å²) in [7, 11) is 0. The van der Waals surface area contributed by atoms with Gasteiger partial charge in [0.2, 0.25) is 0 Å². The van der Waals surface area contributed by atoms with E-state index in [-0.39, 0.29) is 0 Å². The van der Waals surface area contributed by atoms with Gasteiger partial charge in [-0.1, -0.05) is 19.1 Å². The van der Waals surface area contributed by atoms with Gasteiger partial charge in [-0.25, -0.2) is 0 Å². The van der Waals surface area contributed by atoms with Gasteiger partial charge in [-0.15, -0.1) is 0 Å². The van der Waals surface area contributed by atoms with Crippen molar-refractivity contribution >= 4 is 21.6 Å². The fourth-order valence-corrected chi connectivity index (χ4v) is 1.92. The van der Waals surface area contributed by atoms with Crippen LogP contribution in [-0.2, 0) is 6.54 Å². The Bertz CT molecular complexity index is 496. The number of furan rings is 1. The number of halogens is 1. The van der Waals surface area contributed by atoms with Gasteiger partial charge in [0.05, 0.1) is 29.6 Å². The van der Waals surface area contributed by atoms with Gasteiger partial charge in [0.25, 0.3) is 0 Å². The van der Waals surface area contributed by atoms with Gasteiger partial charge >= 0.3 is 0 Å². The molecule has 0 saturated heterocycles. The van der Waals surface area contributed by atoms with Crippen molar-refractivity contribution in [3.8, 4) is 5.75 Å². The number of hydrogen-bond acceptors (Lipinski definition) is 3. The SMILES string of the molecule is CCCOc1ccccc1NCc1occc1Br. The number of anilines is 1. The average molecular weight is 310 g/mol. The Hall–Kier alpha value is -1.42. The molecule has 0 amide bonds. The summed E-state index contributed by atoms with van der Waals surface area (Å²) in [5, 5.41) is 3.32. The van der Waals surface area contributed by atoms with E-state index in [1.165, 1.54) is 0 Å². The van der Waals surface area contributed by atoms with Crippen molar-refractivity contribution in [3.63, 3.8) is 0 Å². The fraction of sp³-hybridized carbons (Fsp3) is 0.286. The van der Waals surface area contributed by atoms with Crippen molar-refractivity contribution in [2.75, 3.05) is 11.9 Å². The maximum atomic E-state index is 5.68. The van der Waals surface area contributed by atoms with E-state index in [2.05, 4.69) is 28.2 Å². The minimum Gasteiger partial charge on any atom is -0.491 e. The first-order chi connectivity index (χ1) is 8.81. The first-order valence-corrected chi connectivity index (χ1v) is 6.78. The monoisotopic (exact) mass is 309 g/mol. The zero-order valence-electron chi connectivity index (χ0n) is 10.3. The number of nitrogens with one attached hydrogen (secondary N) is 1. The normalized spacial score (nSPS) is 10.3. The molecule has 0 atom stereocenters. The van der Waals surface area contributed by atoms with E-state index in [1.807, 2.05) is 30.3 Å². The summed E-state index contributed by atoms with van der Waals surface area (Å²) in [5.74, 6) is 1.75. The van der Waals surface area contributed by atoms with Gasteiger partial charge in [-0.3, -0.25) is 0 Å². The minimum absolute atomic E-state index is 0.625. The topological polar surface area (TPSA) is 34.4 Å². The largest absolute Gasteiger partial charge is 0.491 e. The quantitative estimate of drug-likeness (QED) is 0.856. The molecule has 1 aromatic heterocycles. The molecule has 96 valence electrons. The van der Waals surface area contributed by atoms with Gasteiger partial charge in [0, 0.05) is 0 Å². The Labute approximate surface area is 115 Å². The highest BCUT2D eigenvalue weighted by Gasteiger charge is 2.06. The predicted molar refractivity (Wildman–Crippen MR) is 76.0 cm³/mol. The molecule has 0 saturated carbocycles. The molecule has 2 aromatic rings. The number of ether oxygens (including phenoxy) is 1. The lowest BCUT2D eigenvalue weighted by Crippen LogP contribution is -2.03. The number of hydrogen-bond donors (Lipinski definition) is 1. The van der Waals surface area contributed by atoms with Crippen LogP contribution in [0.3, 0.4) is 0 Å². The molecule has 0 aliphatic carbocycles. The Balaban J connectivity index is 2.02. The first kappa shape index (κ1) is 13.0. The summed E-state index contributed by atoms with van der Waals surface area (Å²) >= 11 is 3.44. The van der Waals surface area contributed by atoms with Crippen LogP contribution in [0.4, 0.5) is 5.69 Å². The lowest BCUT2D eigenvalue weighted by molar-refractivity contribution is 0.318. The molecule has 1 aromatic carbocycles. The highest BCUT2D eigenvalue weighted by Crippen LogP contribution is 2.26. The molecule has 0 spiro atoms. The smallest absolute Gasteiger partial charge is 0.142 e. The zero-order valence-corrected chi connectivity index (χ0v) is 11.9. The van der Waals surface area contributed by atoms with Crippen LogP contribution in [0, 0.1) is 0 Å². The van der Waals surface area contributed by atoms with Gasteiger partial charge in [-0.05, 0) is 40.5 Å². The van der Waals surface area contributed by atoms with Crippen molar-refractivity contribution < 1.29 is 9.15 Å². The van der Waals surface area contributed by atoms with Crippen molar-refractivity contribution in [1.29, 1.82) is 0 Å². The van der Waals surface area contributed by atoms with E-state index in [0.717, 1.165) is 34.7 Å². The van der Waals surface area contributed by atoms with E-state index in [0.29, 0.717) is 6.54 Å². The lowest BCUT2D eigenvalue weighted by atomic mass is 10.3. The second-order valence-corrected chi connectivity index (χ2v) is 4.74. The van der Waals surface area contributed by atoms with Crippen molar-refractivity contribution in [1.82, 2.24) is 0 Å². The van der Waals surface area contributed by atoms with Crippen LogP contribution < -0.4 is 10.1 Å². The molecule has 0 bridgehead atoms. The Morgan fingerprint density at radius 2 is 2.11 bits per heavy atom. The second-order valence-electron chi connectivity index (χ2n) is 3.89. The summed E-state index contributed by atoms with van der Waals surface area (Å²) in [6.45, 7) is 3.44. The molecular weight excluding hydrogens is 294 g/mol. The first-order valence-electron chi connectivity index (χ1n) is 5.99. The molecule has 0 unspecified atom stereocenters. The second kappa shape index (κ2) is 6.50. The molecule has 2 rings (SSSR count). The van der Waals surface area contributed by atoms with Crippen LogP contribution in [0.25, 0.3) is 0 Å². The van der Waals surface area contributed by atoms with E-state index in [9.17, 15) is 0 Å². The summed E-state index contributed by atoms with van der Waals surface area (Å²) in [6, 6.07) is 9.81. The third-order valence-electron chi connectivity index (χ3n) is 2.48. The highest BCUT2D eigenvalue weighted by atomic mass is 79.9. The van der Waals surface area contributed by atoms with Crippen molar-refractivity contribution in [2.24, 2.45) is 0 Å². The predicted octanol–water partition coefficient (Wildman–Crippen LogP) is 4.44. The molecule has 3 nitrogen and oxygen atoms in total. The highest BCUT2D eigenvalue weighted by molar-refractivity contribution is 9.10. The Morgan fingerprint density at radius 1 is 1.28 bits per heavy atom. The Kier molecular flexibility index (Phi) is 4.70. The molecule has 0 aliphatic rings. The molecule has 1 heterocycles. The lowest BCUT2D eigenvalue weighted by Gasteiger charge is -2.12. The van der Waals surface area contributed by atoms with Crippen LogP contribution >= 0.6 is 15.9 Å². The summed E-state index contributed by atoms with van der Waals surface area (Å²) in [5.41, 5.74) is 0.981. The summed E-state index contributed by atoms with van der Waals surface area (Å²) in [6.07, 6.45) is 2.67. The third-order valence-corrected chi connectivity index (χ3v) is 3.19. The van der Waals surface area contributed by atoms with Gasteiger partial charge in [0.15, 0.2) is 0 Å². The minimum atomic E-state index is 0.625. The van der Waals surface area contributed by atoms with E-state index < -0.39 is 0 Å². The standard InChI is InChI=1S/C14H16BrNO2/c1-2-8-17-13-6-4-3-5-12(13)16-10-14-11(15)7-9-18-14/h3-7,9,16H,2,8,10H2,1H3. The maximum absolute atomic E-state index is 5.68. The average Bonchev–Trinajstić information content (AvgIpc) is 2.80. The number of rotatable bonds is 6. The summed E-state index contributed by atoms with van der Waals surface area (Å²) in [4.78, 5) is 0. The van der Waals surface area contributed by atoms with Crippen LogP contribution in [0.5, 0.6) is 5.75 Å². The van der Waals surface area contributed by atoms with Crippen LogP contribution in [0.2, 0.25) is 0 Å². The van der Waals surface area contributed by atoms with Crippen LogP contribution in [0.1, 0.15) is 19.1 Å². The molecule has 18 heavy (non-hydrogen) atoms. The van der Waals surface area contributed by atoms with E-state index in [4.69, 9.17) is 9.15 Å². The fourth-order valence-electron chi connectivity index (χ4n) is 1.58. The summed E-state index contributed by atoms with van der Waals surface area (Å²) < 4.78 is 12.0. The molecule has 4 heteroatoms.